The lowest BCUT2D eigenvalue weighted by Gasteiger charge is -2.16. The Labute approximate surface area is 246 Å². The van der Waals surface area contributed by atoms with Crippen LogP contribution in [0.4, 0.5) is 11.4 Å². The van der Waals surface area contributed by atoms with Crippen LogP contribution in [0, 0.1) is 0 Å². The molecule has 1 aliphatic heterocycles. The van der Waals surface area contributed by atoms with E-state index in [-0.39, 0.29) is 38.5 Å². The average Bonchev–Trinajstić information content (AvgIpc) is 3.20. The summed E-state index contributed by atoms with van der Waals surface area (Å²) in [6.07, 6.45) is 3.58. The van der Waals surface area contributed by atoms with Gasteiger partial charge in [0.05, 0.1) is 26.9 Å². The van der Waals surface area contributed by atoms with Gasteiger partial charge in [0.2, 0.25) is 0 Å². The number of hydrogen-bond acceptors (Lipinski definition) is 6. The first-order valence-electron chi connectivity index (χ1n) is 12.7. The van der Waals surface area contributed by atoms with E-state index in [1.54, 1.807) is 28.8 Å². The van der Waals surface area contributed by atoms with E-state index in [4.69, 9.17) is 34.0 Å². The number of unbranched alkanes of at least 4 members (excludes halogenated alkanes) is 2. The maximum Gasteiger partial charge on any atom is 0.335 e. The van der Waals surface area contributed by atoms with Crippen molar-refractivity contribution in [3.05, 3.63) is 86.9 Å². The number of carbonyl (C=O) groups is 3. The van der Waals surface area contributed by atoms with Crippen LogP contribution in [0.3, 0.4) is 0 Å². The monoisotopic (exact) mass is 598 g/mol. The Morgan fingerprint density at radius 3 is 2.52 bits per heavy atom. The van der Waals surface area contributed by atoms with Crippen LogP contribution in [0.2, 0.25) is 10.0 Å². The van der Waals surface area contributed by atoms with E-state index in [1.807, 2.05) is 30.3 Å². The number of carboxylic acid groups (broad SMARTS) is 1. The van der Waals surface area contributed by atoms with Crippen molar-refractivity contribution in [1.29, 1.82) is 0 Å². The van der Waals surface area contributed by atoms with Gasteiger partial charge in [-0.05, 0) is 60.9 Å². The van der Waals surface area contributed by atoms with Crippen molar-refractivity contribution < 1.29 is 19.5 Å². The molecule has 0 saturated carbocycles. The molecule has 4 rings (SSSR count). The van der Waals surface area contributed by atoms with Gasteiger partial charge in [0.25, 0.3) is 11.8 Å². The van der Waals surface area contributed by atoms with Gasteiger partial charge in [-0.1, -0.05) is 55.1 Å². The Kier molecular flexibility index (Phi) is 9.73. The zero-order valence-corrected chi connectivity index (χ0v) is 24.1. The zero-order chi connectivity index (χ0) is 28.8. The van der Waals surface area contributed by atoms with Crippen molar-refractivity contribution in [2.24, 2.45) is 5.10 Å². The highest BCUT2D eigenvalue weighted by Crippen LogP contribution is 2.34. The molecule has 3 aromatic carbocycles. The molecular formula is C29H28Cl2N4O4S. The maximum absolute atomic E-state index is 13.4. The number of rotatable bonds is 11. The SMILES string of the molecule is CCCCCN1C(=O)C(=NNC(=O)c2c(N)ccc(Cl)c2Cl)c2cc(SCCc3ccc(C(=O)O)cc3)ccc21. The first-order valence-corrected chi connectivity index (χ1v) is 14.5. The topological polar surface area (TPSA) is 125 Å². The predicted octanol–water partition coefficient (Wildman–Crippen LogP) is 6.28. The number of carboxylic acids is 1. The van der Waals surface area contributed by atoms with E-state index in [0.29, 0.717) is 12.1 Å². The van der Waals surface area contributed by atoms with Crippen LogP contribution in [-0.4, -0.2) is 40.9 Å². The largest absolute Gasteiger partial charge is 0.478 e. The van der Waals surface area contributed by atoms with Gasteiger partial charge < -0.3 is 15.7 Å². The van der Waals surface area contributed by atoms with Gasteiger partial charge in [-0.25, -0.2) is 10.2 Å². The average molecular weight is 600 g/mol. The van der Waals surface area contributed by atoms with Gasteiger partial charge in [-0.3, -0.25) is 9.59 Å². The van der Waals surface area contributed by atoms with Crippen LogP contribution in [0.15, 0.2) is 64.6 Å². The number of aromatic carboxylic acids is 1. The van der Waals surface area contributed by atoms with E-state index in [0.717, 1.165) is 47.6 Å². The molecule has 0 aliphatic carbocycles. The summed E-state index contributed by atoms with van der Waals surface area (Å²) in [5.74, 6) is -1.17. The summed E-state index contributed by atoms with van der Waals surface area (Å²) in [5, 5.41) is 13.5. The molecule has 0 atom stereocenters. The molecule has 1 heterocycles. The van der Waals surface area contributed by atoms with E-state index >= 15 is 0 Å². The van der Waals surface area contributed by atoms with E-state index < -0.39 is 11.9 Å². The highest BCUT2D eigenvalue weighted by Gasteiger charge is 2.34. The van der Waals surface area contributed by atoms with E-state index in [2.05, 4.69) is 17.5 Å². The third-order valence-corrected chi connectivity index (χ3v) is 8.23. The van der Waals surface area contributed by atoms with Crippen LogP contribution >= 0.6 is 35.0 Å². The van der Waals surface area contributed by atoms with Crippen LogP contribution in [0.1, 0.15) is 58.0 Å². The van der Waals surface area contributed by atoms with Crippen LogP contribution in [-0.2, 0) is 11.2 Å². The summed E-state index contributed by atoms with van der Waals surface area (Å²) >= 11 is 13.9. The number of amides is 2. The van der Waals surface area contributed by atoms with Crippen molar-refractivity contribution >= 4 is 69.8 Å². The molecule has 0 bridgehead atoms. The van der Waals surface area contributed by atoms with Gasteiger partial charge >= 0.3 is 5.97 Å². The zero-order valence-electron chi connectivity index (χ0n) is 21.7. The number of carbonyl (C=O) groups excluding carboxylic acids is 2. The van der Waals surface area contributed by atoms with Gasteiger partial charge in [-0.2, -0.15) is 5.10 Å². The van der Waals surface area contributed by atoms with Crippen molar-refractivity contribution in [3.8, 4) is 0 Å². The molecule has 3 aromatic rings. The lowest BCUT2D eigenvalue weighted by molar-refractivity contribution is -0.112. The molecule has 11 heteroatoms. The molecule has 8 nitrogen and oxygen atoms in total. The molecule has 0 fully saturated rings. The second-order valence-electron chi connectivity index (χ2n) is 9.17. The summed E-state index contributed by atoms with van der Waals surface area (Å²) in [6, 6.07) is 15.6. The quantitative estimate of drug-likeness (QED) is 0.103. The number of benzene rings is 3. The van der Waals surface area contributed by atoms with Gasteiger partial charge in [0.1, 0.15) is 0 Å². The van der Waals surface area contributed by atoms with Crippen molar-refractivity contribution in [1.82, 2.24) is 5.43 Å². The number of nitrogen functional groups attached to an aromatic ring is 1. The first kappa shape index (κ1) is 29.5. The Balaban J connectivity index is 1.55. The third kappa shape index (κ3) is 6.60. The van der Waals surface area contributed by atoms with Gasteiger partial charge in [-0.15, -0.1) is 11.8 Å². The molecule has 40 heavy (non-hydrogen) atoms. The summed E-state index contributed by atoms with van der Waals surface area (Å²) in [5.41, 5.74) is 11.3. The maximum atomic E-state index is 13.4. The number of nitrogens with two attached hydrogens (primary N) is 1. The molecule has 0 unspecified atom stereocenters. The molecule has 1 aliphatic rings. The molecule has 208 valence electrons. The van der Waals surface area contributed by atoms with Crippen LogP contribution in [0.5, 0.6) is 0 Å². The number of aryl methyl sites for hydroxylation is 1. The predicted molar refractivity (Wildman–Crippen MR) is 161 cm³/mol. The highest BCUT2D eigenvalue weighted by atomic mass is 35.5. The molecule has 0 saturated heterocycles. The number of nitrogens with zero attached hydrogens (tertiary/aromatic N) is 2. The number of nitrogens with one attached hydrogen (secondary N) is 1. The summed E-state index contributed by atoms with van der Waals surface area (Å²) in [6.45, 7) is 2.64. The number of fused-ring (bicyclic) bond motifs is 1. The van der Waals surface area contributed by atoms with Crippen LogP contribution < -0.4 is 16.1 Å². The Hall–Kier alpha value is -3.53. The van der Waals surface area contributed by atoms with Crippen molar-refractivity contribution in [2.45, 2.75) is 37.5 Å². The normalized spacial score (nSPS) is 13.5. The third-order valence-electron chi connectivity index (χ3n) is 6.43. The number of thioether (sulfide) groups is 1. The molecule has 0 radical (unpaired) electrons. The molecular weight excluding hydrogens is 571 g/mol. The molecule has 0 spiro atoms. The molecule has 4 N–H and O–H groups in total. The second-order valence-corrected chi connectivity index (χ2v) is 11.1. The van der Waals surface area contributed by atoms with Gasteiger partial charge in [0.15, 0.2) is 5.71 Å². The fraction of sp³-hybridized carbons (Fsp3) is 0.241. The Morgan fingerprint density at radius 2 is 1.82 bits per heavy atom. The number of halogens is 2. The van der Waals surface area contributed by atoms with Crippen molar-refractivity contribution in [3.63, 3.8) is 0 Å². The molecule has 0 aromatic heterocycles. The summed E-state index contributed by atoms with van der Waals surface area (Å²) in [7, 11) is 0. The second kappa shape index (κ2) is 13.2. The summed E-state index contributed by atoms with van der Waals surface area (Å²) in [4.78, 5) is 40.0. The Morgan fingerprint density at radius 1 is 1.07 bits per heavy atom. The Bertz CT molecular complexity index is 1480. The van der Waals surface area contributed by atoms with E-state index in [1.165, 1.54) is 12.1 Å². The minimum absolute atomic E-state index is 0.00925. The van der Waals surface area contributed by atoms with Crippen molar-refractivity contribution in [2.75, 3.05) is 22.9 Å². The number of anilines is 2. The number of hydrazone groups is 1. The first-order chi connectivity index (χ1) is 19.2. The molecule has 2 amide bonds. The van der Waals surface area contributed by atoms with Gasteiger partial charge in [0, 0.05) is 28.4 Å². The van der Waals surface area contributed by atoms with E-state index in [9.17, 15) is 14.4 Å². The standard InChI is InChI=1S/C29H28Cl2N4O4S/c1-2-3-4-14-35-23-12-9-19(40-15-13-17-5-7-18(8-6-17)29(38)39)16-20(23)26(28(35)37)33-34-27(36)24-22(32)11-10-21(30)25(24)31/h5-12,16H,2-4,13-15,32H2,1H3,(H,34,36)(H,38,39). The minimum Gasteiger partial charge on any atom is -0.478 e. The van der Waals surface area contributed by atoms with Crippen LogP contribution in [0.25, 0.3) is 0 Å². The smallest absolute Gasteiger partial charge is 0.335 e. The summed E-state index contributed by atoms with van der Waals surface area (Å²) < 4.78 is 0. The highest BCUT2D eigenvalue weighted by molar-refractivity contribution is 7.99. The fourth-order valence-electron chi connectivity index (χ4n) is 4.29. The fourth-order valence-corrected chi connectivity index (χ4v) is 5.65. The lowest BCUT2D eigenvalue weighted by atomic mass is 10.1. The number of hydrogen-bond donors (Lipinski definition) is 3. The minimum atomic E-state index is -0.954. The lowest BCUT2D eigenvalue weighted by Crippen LogP contribution is -2.32.